The van der Waals surface area contributed by atoms with Gasteiger partial charge in [-0.1, -0.05) is 0 Å². The predicted octanol–water partition coefficient (Wildman–Crippen LogP) is 0.520. The standard InChI is InChI=1S/C10H16N2O5/c1-6-7(2)12(17)5-11(6)8(10(15)16)3-4-9(13)14/h8,17H,3-5H2,1-2H3,(H,13,14)(H,15,16)/t8-/m0/s1. The van der Waals surface area contributed by atoms with Crippen molar-refractivity contribution in [3.05, 3.63) is 11.4 Å². The van der Waals surface area contributed by atoms with Gasteiger partial charge >= 0.3 is 11.9 Å². The molecule has 0 aromatic rings. The lowest BCUT2D eigenvalue weighted by atomic mass is 10.1. The topological polar surface area (TPSA) is 101 Å². The fraction of sp³-hybridized carbons (Fsp3) is 0.600. The fourth-order valence-corrected chi connectivity index (χ4v) is 1.76. The number of hydrogen-bond donors (Lipinski definition) is 3. The van der Waals surface area contributed by atoms with Gasteiger partial charge in [0.15, 0.2) is 0 Å². The number of carbonyl (C=O) groups is 2. The van der Waals surface area contributed by atoms with Crippen LogP contribution in [0.3, 0.4) is 0 Å². The summed E-state index contributed by atoms with van der Waals surface area (Å²) in [5.41, 5.74) is 1.22. The quantitative estimate of drug-likeness (QED) is 0.648. The molecular formula is C10H16N2O5. The lowest BCUT2D eigenvalue weighted by Crippen LogP contribution is -2.41. The van der Waals surface area contributed by atoms with E-state index in [1.807, 2.05) is 0 Å². The third-order valence-corrected chi connectivity index (χ3v) is 2.92. The average molecular weight is 244 g/mol. The van der Waals surface area contributed by atoms with Crippen LogP contribution in [0.5, 0.6) is 0 Å². The van der Waals surface area contributed by atoms with Crippen LogP contribution in [0.25, 0.3) is 0 Å². The maximum absolute atomic E-state index is 11.1. The Morgan fingerprint density at radius 3 is 2.24 bits per heavy atom. The molecule has 1 aliphatic rings. The number of aliphatic carboxylic acids is 2. The van der Waals surface area contributed by atoms with Gasteiger partial charge in [0, 0.05) is 12.1 Å². The minimum absolute atomic E-state index is 0.00310. The summed E-state index contributed by atoms with van der Waals surface area (Å²) in [5, 5.41) is 28.1. The third kappa shape index (κ3) is 2.88. The van der Waals surface area contributed by atoms with E-state index in [0.717, 1.165) is 5.06 Å². The molecule has 0 bridgehead atoms. The first-order valence-corrected chi connectivity index (χ1v) is 5.19. The van der Waals surface area contributed by atoms with Crippen molar-refractivity contribution < 1.29 is 25.0 Å². The minimum Gasteiger partial charge on any atom is -0.481 e. The highest BCUT2D eigenvalue weighted by Gasteiger charge is 2.32. The maximum atomic E-state index is 11.1. The molecule has 17 heavy (non-hydrogen) atoms. The van der Waals surface area contributed by atoms with Crippen LogP contribution in [0, 0.1) is 0 Å². The number of allylic oxidation sites excluding steroid dienone is 2. The predicted molar refractivity (Wildman–Crippen MR) is 57.0 cm³/mol. The van der Waals surface area contributed by atoms with Crippen LogP contribution in [0.2, 0.25) is 0 Å². The summed E-state index contributed by atoms with van der Waals surface area (Å²) >= 11 is 0. The molecule has 1 atom stereocenters. The maximum Gasteiger partial charge on any atom is 0.326 e. The average Bonchev–Trinajstić information content (AvgIpc) is 2.46. The number of hydrogen-bond acceptors (Lipinski definition) is 5. The van der Waals surface area contributed by atoms with Crippen molar-refractivity contribution >= 4 is 11.9 Å². The highest BCUT2D eigenvalue weighted by Crippen LogP contribution is 2.25. The van der Waals surface area contributed by atoms with Crippen molar-refractivity contribution in [2.24, 2.45) is 0 Å². The van der Waals surface area contributed by atoms with Gasteiger partial charge in [-0.2, -0.15) is 0 Å². The van der Waals surface area contributed by atoms with Gasteiger partial charge < -0.3 is 15.1 Å². The van der Waals surface area contributed by atoms with E-state index < -0.39 is 18.0 Å². The summed E-state index contributed by atoms with van der Waals surface area (Å²) in [6, 6.07) is -0.932. The molecule has 1 heterocycles. The summed E-state index contributed by atoms with van der Waals surface area (Å²) in [5.74, 6) is -2.12. The van der Waals surface area contributed by atoms with Crippen molar-refractivity contribution in [2.75, 3.05) is 6.67 Å². The summed E-state index contributed by atoms with van der Waals surface area (Å²) in [4.78, 5) is 23.1. The molecule has 0 aromatic heterocycles. The van der Waals surface area contributed by atoms with Crippen molar-refractivity contribution in [1.82, 2.24) is 9.96 Å². The van der Waals surface area contributed by atoms with E-state index in [-0.39, 0.29) is 19.5 Å². The Balaban J connectivity index is 2.80. The van der Waals surface area contributed by atoms with E-state index in [9.17, 15) is 14.8 Å². The van der Waals surface area contributed by atoms with Gasteiger partial charge in [0.2, 0.25) is 0 Å². The Kier molecular flexibility index (Phi) is 3.95. The SMILES string of the molecule is CC1=C(C)N([C@@H](CCC(=O)O)C(=O)O)CN1O. The van der Waals surface area contributed by atoms with Gasteiger partial charge in [0.1, 0.15) is 12.7 Å². The summed E-state index contributed by atoms with van der Waals surface area (Å²) < 4.78 is 0. The molecule has 0 radical (unpaired) electrons. The molecule has 96 valence electrons. The molecule has 0 spiro atoms. The monoisotopic (exact) mass is 244 g/mol. The molecule has 0 fully saturated rings. The summed E-state index contributed by atoms with van der Waals surface area (Å²) in [7, 11) is 0. The zero-order valence-corrected chi connectivity index (χ0v) is 9.75. The van der Waals surface area contributed by atoms with E-state index in [1.165, 1.54) is 4.90 Å². The first kappa shape index (κ1) is 13.3. The number of nitrogens with zero attached hydrogens (tertiary/aromatic N) is 2. The highest BCUT2D eigenvalue weighted by molar-refractivity contribution is 5.75. The van der Waals surface area contributed by atoms with Gasteiger partial charge in [-0.05, 0) is 20.3 Å². The largest absolute Gasteiger partial charge is 0.481 e. The Hall–Kier alpha value is -1.76. The highest BCUT2D eigenvalue weighted by atomic mass is 16.5. The Labute approximate surface area is 98.5 Å². The van der Waals surface area contributed by atoms with Gasteiger partial charge in [0.25, 0.3) is 0 Å². The van der Waals surface area contributed by atoms with Crippen molar-refractivity contribution in [3.63, 3.8) is 0 Å². The van der Waals surface area contributed by atoms with Crippen LogP contribution in [-0.2, 0) is 9.59 Å². The van der Waals surface area contributed by atoms with Crippen LogP contribution in [0.1, 0.15) is 26.7 Å². The zero-order chi connectivity index (χ0) is 13.2. The summed E-state index contributed by atoms with van der Waals surface area (Å²) in [6.07, 6.45) is -0.214. The molecule has 1 rings (SSSR count). The Morgan fingerprint density at radius 2 is 1.88 bits per heavy atom. The second kappa shape index (κ2) is 5.05. The van der Waals surface area contributed by atoms with E-state index in [2.05, 4.69) is 0 Å². The van der Waals surface area contributed by atoms with E-state index >= 15 is 0 Å². The fourth-order valence-electron chi connectivity index (χ4n) is 1.76. The Morgan fingerprint density at radius 1 is 1.29 bits per heavy atom. The van der Waals surface area contributed by atoms with Crippen LogP contribution >= 0.6 is 0 Å². The lowest BCUT2D eigenvalue weighted by Gasteiger charge is -2.26. The second-order valence-electron chi connectivity index (χ2n) is 3.97. The molecule has 7 nitrogen and oxygen atoms in total. The lowest BCUT2D eigenvalue weighted by molar-refractivity contribution is -0.145. The molecule has 0 saturated carbocycles. The smallest absolute Gasteiger partial charge is 0.326 e. The van der Waals surface area contributed by atoms with Gasteiger partial charge in [-0.15, -0.1) is 0 Å². The number of hydroxylamine groups is 2. The molecular weight excluding hydrogens is 228 g/mol. The van der Waals surface area contributed by atoms with Crippen LogP contribution in [0.4, 0.5) is 0 Å². The molecule has 3 N–H and O–H groups in total. The Bertz CT molecular complexity index is 366. The van der Waals surface area contributed by atoms with Crippen molar-refractivity contribution in [1.29, 1.82) is 0 Å². The number of carboxylic acid groups (broad SMARTS) is 2. The number of rotatable bonds is 5. The normalized spacial score (nSPS) is 17.6. The summed E-state index contributed by atoms with van der Waals surface area (Å²) in [6.45, 7) is 3.42. The first-order valence-electron chi connectivity index (χ1n) is 5.19. The van der Waals surface area contributed by atoms with E-state index in [4.69, 9.17) is 10.2 Å². The minimum atomic E-state index is -1.09. The van der Waals surface area contributed by atoms with Gasteiger partial charge in [-0.25, -0.2) is 9.86 Å². The molecule has 0 amide bonds. The van der Waals surface area contributed by atoms with Crippen molar-refractivity contribution in [2.45, 2.75) is 32.7 Å². The van der Waals surface area contributed by atoms with Gasteiger partial charge in [-0.3, -0.25) is 10.0 Å². The second-order valence-corrected chi connectivity index (χ2v) is 3.97. The van der Waals surface area contributed by atoms with Gasteiger partial charge in [0.05, 0.1) is 5.70 Å². The van der Waals surface area contributed by atoms with Crippen LogP contribution < -0.4 is 0 Å². The zero-order valence-electron chi connectivity index (χ0n) is 9.75. The molecule has 0 aliphatic carbocycles. The van der Waals surface area contributed by atoms with Crippen LogP contribution in [-0.4, -0.2) is 50.0 Å². The van der Waals surface area contributed by atoms with E-state index in [1.54, 1.807) is 13.8 Å². The van der Waals surface area contributed by atoms with E-state index in [0.29, 0.717) is 11.4 Å². The molecule has 7 heteroatoms. The molecule has 1 aliphatic heterocycles. The van der Waals surface area contributed by atoms with Crippen molar-refractivity contribution in [3.8, 4) is 0 Å². The number of carboxylic acids is 2. The third-order valence-electron chi connectivity index (χ3n) is 2.92. The molecule has 0 unspecified atom stereocenters. The van der Waals surface area contributed by atoms with Crippen LogP contribution in [0.15, 0.2) is 11.4 Å². The molecule has 0 aromatic carbocycles. The first-order chi connectivity index (χ1) is 7.84. The molecule has 0 saturated heterocycles.